The summed E-state index contributed by atoms with van der Waals surface area (Å²) in [6, 6.07) is 7.55. The van der Waals surface area contributed by atoms with Gasteiger partial charge >= 0.3 is 0 Å². The molecule has 2 amide bonds. The van der Waals surface area contributed by atoms with Gasteiger partial charge in [0.15, 0.2) is 0 Å². The van der Waals surface area contributed by atoms with E-state index in [9.17, 15) is 9.59 Å². The lowest BCUT2D eigenvalue weighted by atomic mass is 9.82. The molecule has 0 unspecified atom stereocenters. The molecule has 0 spiro atoms. The van der Waals surface area contributed by atoms with Crippen LogP contribution in [0, 0.1) is 0 Å². The predicted molar refractivity (Wildman–Crippen MR) is 103 cm³/mol. The van der Waals surface area contributed by atoms with Crippen molar-refractivity contribution in [1.82, 2.24) is 4.90 Å². The van der Waals surface area contributed by atoms with Crippen LogP contribution in [-0.2, 0) is 16.0 Å². The van der Waals surface area contributed by atoms with Crippen LogP contribution in [0.1, 0.15) is 37.7 Å². The summed E-state index contributed by atoms with van der Waals surface area (Å²) in [4.78, 5) is 26.7. The first-order valence-corrected chi connectivity index (χ1v) is 10.3. The van der Waals surface area contributed by atoms with Crippen molar-refractivity contribution in [3.05, 3.63) is 29.8 Å². The molecule has 5 nitrogen and oxygen atoms in total. The van der Waals surface area contributed by atoms with Crippen LogP contribution in [0.25, 0.3) is 0 Å². The number of hydrogen-bond donors (Lipinski definition) is 2. The fourth-order valence-corrected chi connectivity index (χ4v) is 4.37. The Balaban J connectivity index is 1.54. The number of hydrogen-bond acceptors (Lipinski definition) is 4. The molecule has 1 aromatic rings. The van der Waals surface area contributed by atoms with Gasteiger partial charge in [-0.15, -0.1) is 0 Å². The Labute approximate surface area is 153 Å². The SMILES string of the molecule is NC1(C(=O)Nc2ccc(CC(=O)N3CCSCC3)cc2)CCCCC1. The van der Waals surface area contributed by atoms with Crippen molar-refractivity contribution >= 4 is 29.3 Å². The molecule has 3 rings (SSSR count). The van der Waals surface area contributed by atoms with Gasteiger partial charge in [0.05, 0.1) is 12.0 Å². The summed E-state index contributed by atoms with van der Waals surface area (Å²) < 4.78 is 0. The van der Waals surface area contributed by atoms with Crippen LogP contribution >= 0.6 is 11.8 Å². The first-order chi connectivity index (χ1) is 12.1. The summed E-state index contributed by atoms with van der Waals surface area (Å²) in [6.07, 6.45) is 5.10. The summed E-state index contributed by atoms with van der Waals surface area (Å²) in [5.74, 6) is 2.14. The van der Waals surface area contributed by atoms with Crippen molar-refractivity contribution in [3.8, 4) is 0 Å². The highest BCUT2D eigenvalue weighted by molar-refractivity contribution is 7.99. The third-order valence-corrected chi connectivity index (χ3v) is 6.07. The molecule has 0 radical (unpaired) electrons. The molecule has 25 heavy (non-hydrogen) atoms. The second-order valence-electron chi connectivity index (χ2n) is 7.04. The van der Waals surface area contributed by atoms with Crippen molar-refractivity contribution in [2.45, 2.75) is 44.1 Å². The molecule has 0 aromatic heterocycles. The predicted octanol–water partition coefficient (Wildman–Crippen LogP) is 2.40. The Morgan fingerprint density at radius 3 is 2.36 bits per heavy atom. The lowest BCUT2D eigenvalue weighted by Gasteiger charge is -2.31. The lowest BCUT2D eigenvalue weighted by molar-refractivity contribution is -0.130. The summed E-state index contributed by atoms with van der Waals surface area (Å²) in [6.45, 7) is 1.69. The average Bonchev–Trinajstić information content (AvgIpc) is 2.64. The van der Waals surface area contributed by atoms with E-state index in [2.05, 4.69) is 5.32 Å². The molecule has 3 N–H and O–H groups in total. The van der Waals surface area contributed by atoms with Crippen molar-refractivity contribution in [3.63, 3.8) is 0 Å². The fourth-order valence-electron chi connectivity index (χ4n) is 3.47. The zero-order valence-electron chi connectivity index (χ0n) is 14.6. The molecule has 1 saturated heterocycles. The molecule has 1 saturated carbocycles. The van der Waals surface area contributed by atoms with Crippen LogP contribution in [0.5, 0.6) is 0 Å². The van der Waals surface area contributed by atoms with Crippen molar-refractivity contribution in [1.29, 1.82) is 0 Å². The van der Waals surface area contributed by atoms with Crippen LogP contribution in [0.15, 0.2) is 24.3 Å². The standard InChI is InChI=1S/C19H27N3O2S/c20-19(8-2-1-3-9-19)18(24)21-16-6-4-15(5-7-16)14-17(23)22-10-12-25-13-11-22/h4-7H,1-3,8-14,20H2,(H,21,24). The number of nitrogens with zero attached hydrogens (tertiary/aromatic N) is 1. The topological polar surface area (TPSA) is 75.4 Å². The van der Waals surface area contributed by atoms with E-state index in [4.69, 9.17) is 5.73 Å². The summed E-state index contributed by atoms with van der Waals surface area (Å²) >= 11 is 1.90. The normalized spacial score (nSPS) is 20.1. The Morgan fingerprint density at radius 1 is 1.08 bits per heavy atom. The molecule has 1 aliphatic heterocycles. The van der Waals surface area contributed by atoms with E-state index in [0.717, 1.165) is 68.0 Å². The summed E-state index contributed by atoms with van der Waals surface area (Å²) in [5, 5.41) is 2.93. The van der Waals surface area contributed by atoms with Crippen LogP contribution in [-0.4, -0.2) is 46.8 Å². The van der Waals surface area contributed by atoms with Crippen LogP contribution in [0.4, 0.5) is 5.69 Å². The van der Waals surface area contributed by atoms with E-state index in [1.807, 2.05) is 40.9 Å². The van der Waals surface area contributed by atoms with E-state index < -0.39 is 5.54 Å². The van der Waals surface area contributed by atoms with Crippen molar-refractivity contribution in [2.75, 3.05) is 29.9 Å². The first-order valence-electron chi connectivity index (χ1n) is 9.12. The molecule has 1 heterocycles. The third-order valence-electron chi connectivity index (χ3n) is 5.13. The second-order valence-corrected chi connectivity index (χ2v) is 8.26. The Morgan fingerprint density at radius 2 is 1.72 bits per heavy atom. The number of thioether (sulfide) groups is 1. The van der Waals surface area contributed by atoms with E-state index in [-0.39, 0.29) is 11.8 Å². The van der Waals surface area contributed by atoms with E-state index in [0.29, 0.717) is 6.42 Å². The van der Waals surface area contributed by atoms with Crippen LogP contribution in [0.3, 0.4) is 0 Å². The quantitative estimate of drug-likeness (QED) is 0.863. The number of carbonyl (C=O) groups is 2. The van der Waals surface area contributed by atoms with Gasteiger partial charge in [-0.1, -0.05) is 31.4 Å². The maximum Gasteiger partial charge on any atom is 0.244 e. The second kappa shape index (κ2) is 8.23. The average molecular weight is 362 g/mol. The molecular weight excluding hydrogens is 334 g/mol. The van der Waals surface area contributed by atoms with Gasteiger partial charge in [-0.25, -0.2) is 0 Å². The van der Waals surface area contributed by atoms with E-state index in [1.54, 1.807) is 0 Å². The van der Waals surface area contributed by atoms with Gasteiger partial charge in [0, 0.05) is 30.3 Å². The number of anilines is 1. The smallest absolute Gasteiger partial charge is 0.244 e. The monoisotopic (exact) mass is 361 g/mol. The maximum absolute atomic E-state index is 12.5. The number of benzene rings is 1. The minimum absolute atomic E-state index is 0.0955. The van der Waals surface area contributed by atoms with Crippen LogP contribution in [0.2, 0.25) is 0 Å². The highest BCUT2D eigenvalue weighted by Gasteiger charge is 2.35. The van der Waals surface area contributed by atoms with Crippen molar-refractivity contribution < 1.29 is 9.59 Å². The van der Waals surface area contributed by atoms with E-state index in [1.165, 1.54) is 0 Å². The molecule has 1 aliphatic carbocycles. The molecule has 6 heteroatoms. The van der Waals surface area contributed by atoms with Crippen molar-refractivity contribution in [2.24, 2.45) is 5.73 Å². The molecule has 2 fully saturated rings. The van der Waals surface area contributed by atoms with Gasteiger partial charge in [-0.05, 0) is 30.5 Å². The summed E-state index contributed by atoms with van der Waals surface area (Å²) in [7, 11) is 0. The highest BCUT2D eigenvalue weighted by atomic mass is 32.2. The molecular formula is C19H27N3O2S. The third kappa shape index (κ3) is 4.76. The molecule has 136 valence electrons. The minimum atomic E-state index is -0.737. The maximum atomic E-state index is 12.5. The fraction of sp³-hybridized carbons (Fsp3) is 0.579. The Hall–Kier alpha value is -1.53. The molecule has 1 aromatic carbocycles. The lowest BCUT2D eigenvalue weighted by Crippen LogP contribution is -2.52. The summed E-state index contributed by atoms with van der Waals surface area (Å²) in [5.41, 5.74) is 7.24. The van der Waals surface area contributed by atoms with Gasteiger partial charge in [-0.3, -0.25) is 9.59 Å². The minimum Gasteiger partial charge on any atom is -0.341 e. The zero-order valence-corrected chi connectivity index (χ0v) is 15.4. The Bertz CT molecular complexity index is 606. The van der Waals surface area contributed by atoms with Gasteiger partial charge in [0.25, 0.3) is 0 Å². The first kappa shape index (κ1) is 18.3. The number of nitrogens with one attached hydrogen (secondary N) is 1. The van der Waals surface area contributed by atoms with Gasteiger partial charge in [0.2, 0.25) is 11.8 Å². The number of carbonyl (C=O) groups excluding carboxylic acids is 2. The van der Waals surface area contributed by atoms with Gasteiger partial charge < -0.3 is 16.0 Å². The number of nitrogens with two attached hydrogens (primary N) is 1. The molecule has 2 aliphatic rings. The number of rotatable bonds is 4. The van der Waals surface area contributed by atoms with Gasteiger partial charge in [-0.2, -0.15) is 11.8 Å². The largest absolute Gasteiger partial charge is 0.341 e. The van der Waals surface area contributed by atoms with Gasteiger partial charge in [0.1, 0.15) is 0 Å². The zero-order chi connectivity index (χ0) is 17.7. The van der Waals surface area contributed by atoms with E-state index >= 15 is 0 Å². The number of amides is 2. The van der Waals surface area contributed by atoms with Crippen LogP contribution < -0.4 is 11.1 Å². The molecule has 0 bridgehead atoms. The highest BCUT2D eigenvalue weighted by Crippen LogP contribution is 2.27. The molecule has 0 atom stereocenters. The Kier molecular flexibility index (Phi) is 6.02.